The first-order chi connectivity index (χ1) is 51.2. The van der Waals surface area contributed by atoms with E-state index in [9.17, 15) is 0 Å². The van der Waals surface area contributed by atoms with Gasteiger partial charge in [0.15, 0.2) is 0 Å². The molecule has 0 aliphatic heterocycles. The predicted molar refractivity (Wildman–Crippen MR) is 849 cm³/mol. The van der Waals surface area contributed by atoms with Gasteiger partial charge in [0, 0.05) is 31.2 Å². The van der Waals surface area contributed by atoms with Crippen LogP contribution in [0.3, 0.4) is 0 Å². The van der Waals surface area contributed by atoms with Crippen LogP contribution in [0.1, 0.15) is 32.1 Å². The SMILES string of the molecule is PPP(P)CC12CCC3C(C1CC(P(P(P)P)P(P)P)(P(P(P)P)P(P)PP)C2(C(CP(P(P)P(P)P)P(P(P)P)P(P)P)P(PP)P(P)P)P(P)P(P)P)C(P(P(P)P)P(P)P(P)P)(P(P(P)P)P(PP)P(P)P)C(P(P)P)C1C3(PP)CCC(P)C1(P(P(P)P)P(P(P)P)P(P)P)P(P(P)PP)P(P(P)P)P(P)P. The van der Waals surface area contributed by atoms with Crippen LogP contribution in [0, 0.1) is 29.1 Å². The Labute approximate surface area is 843 Å². The van der Waals surface area contributed by atoms with Gasteiger partial charge in [0.25, 0.3) is 0 Å². The lowest BCUT2D eigenvalue weighted by Gasteiger charge is -2.80. The average molecular weight is 3180 g/mol. The highest BCUT2D eigenvalue weighted by atomic mass is 33.3. The fourth-order valence-corrected chi connectivity index (χ4v) is 644. The van der Waals surface area contributed by atoms with Crippen LogP contribution in [-0.2, 0) is 0 Å². The van der Waals surface area contributed by atoms with Gasteiger partial charge in [0.1, 0.15) is 0 Å². The van der Waals surface area contributed by atoms with E-state index < -0.39 is 220 Å². The molecule has 0 aromatic rings. The summed E-state index contributed by atoms with van der Waals surface area (Å²) in [6.07, 6.45) is 9.94. The van der Waals surface area contributed by atoms with Gasteiger partial charge < -0.3 is 0 Å². The maximum atomic E-state index is 4.28. The molecule has 4 rings (SSSR count). The zero-order valence-corrected chi connectivity index (χ0v) is 154. The summed E-state index contributed by atoms with van der Waals surface area (Å²) >= 11 is 0. The maximum absolute atomic E-state index is 4.28. The van der Waals surface area contributed by atoms with Crippen LogP contribution in [0.15, 0.2) is 0 Å². The molecule has 0 N–H and O–H groups in total. The van der Waals surface area contributed by atoms with Crippen LogP contribution >= 0.6 is 741 Å². The van der Waals surface area contributed by atoms with Gasteiger partial charge in [0.05, 0.1) is 0 Å². The van der Waals surface area contributed by atoms with Crippen LogP contribution in [0.25, 0.3) is 0 Å². The third-order valence-corrected chi connectivity index (χ3v) is 440. The zero-order chi connectivity index (χ0) is 86.0. The molecule has 0 saturated heterocycles. The lowest BCUT2D eigenvalue weighted by atomic mass is 9.48. The van der Waals surface area contributed by atoms with Crippen molar-refractivity contribution in [2.75, 3.05) is 12.3 Å². The summed E-state index contributed by atoms with van der Waals surface area (Å²) in [7, 11) is 185. The van der Waals surface area contributed by atoms with Crippen LogP contribution in [0.4, 0.5) is 0 Å². The summed E-state index contributed by atoms with van der Waals surface area (Å²) in [6, 6.07) is 0. The molecule has 4 fully saturated rings. The molecule has 0 nitrogen and oxygen atoms in total. The largest absolute Gasteiger partial charge is 0.133 e. The minimum atomic E-state index is -0.747. The van der Waals surface area contributed by atoms with Crippen molar-refractivity contribution in [3.05, 3.63) is 0 Å². The highest BCUT2D eigenvalue weighted by molar-refractivity contribution is 9.23. The molecule has 0 aromatic heterocycles. The standard InChI is InChI=1S/C20H125P91/c21-10-2-4-16(70-22)8-1-3-15(7-76(28)71-23)9(5-17(81(89(36)37)90(38)39,82(91(40)41)104(66)73-25)20(15,80(31)88(34)35)11(79(72-24)87(32)33)6-77(106(68)95(48)49)109(98(54)55)99(56)57)12(8)19(83(92(42)43)107(69)96(50)51,84(93(44)45)108(75-27)97(52)53)14(78(29)30)13(16)18(10,85(94(46)47)110(100(58)59)101(60)61)86(105(67)74-26)111(102(62)63)103(64)65/h8-14,70-75H,1-7,21-69H2. The van der Waals surface area contributed by atoms with Gasteiger partial charge in [-0.15, -0.1) is 438 Å². The number of rotatable bonds is 45. The molecule has 0 amide bonds. The van der Waals surface area contributed by atoms with Crippen molar-refractivity contribution in [3.8, 4) is 0 Å². The Hall–Kier alpha value is 39.1. The van der Waals surface area contributed by atoms with E-state index in [0.717, 1.165) is 48.1 Å². The molecule has 82 atom stereocenters. The highest BCUT2D eigenvalue weighted by Crippen LogP contribution is 3.30. The maximum Gasteiger partial charge on any atom is 0.0401 e. The Bertz CT molecular complexity index is 2670. The zero-order valence-electron chi connectivity index (χ0n) is 59.4. The molecule has 111 heavy (non-hydrogen) atoms. The first-order valence-electron chi connectivity index (χ1n) is 29.8. The molecule has 4 aliphatic rings. The van der Waals surface area contributed by atoms with E-state index in [-0.39, 0.29) is 65.4 Å². The van der Waals surface area contributed by atoms with Crippen molar-refractivity contribution in [1.29, 1.82) is 0 Å². The summed E-state index contributed by atoms with van der Waals surface area (Å²) in [5.41, 5.74) is 1.80. The topological polar surface area (TPSA) is 0 Å². The second-order valence-electron chi connectivity index (χ2n) is 24.1. The molecule has 4 saturated carbocycles. The third kappa shape index (κ3) is 34.4. The van der Waals surface area contributed by atoms with Gasteiger partial charge in [-0.05, 0) is 325 Å². The number of hydrogen-bond acceptors (Lipinski definition) is 0. The molecule has 0 heterocycles. The summed E-state index contributed by atoms with van der Waals surface area (Å²) in [4.78, 5) is 0.369. The van der Waals surface area contributed by atoms with E-state index in [0.29, 0.717) is 40.6 Å². The first-order valence-corrected chi connectivity index (χ1v) is 186. The number of hydrogen-bond donors (Lipinski definition) is 0. The molecular weight excluding hydrogens is 3060 g/mol. The van der Waals surface area contributed by atoms with Crippen molar-refractivity contribution >= 4 is 741 Å². The van der Waals surface area contributed by atoms with Crippen molar-refractivity contribution in [2.24, 2.45) is 29.1 Å². The fourth-order valence-electron chi connectivity index (χ4n) is 16.7. The molecule has 0 bridgehead atoms. The Kier molecular flexibility index (Phi) is 89.0. The van der Waals surface area contributed by atoms with Gasteiger partial charge in [0.2, 0.25) is 0 Å². The van der Waals surface area contributed by atoms with Gasteiger partial charge in [-0.1, -0.05) is 62.7 Å². The van der Waals surface area contributed by atoms with E-state index >= 15 is 0 Å². The Morgan fingerprint density at radius 1 is 0.360 bits per heavy atom. The summed E-state index contributed by atoms with van der Waals surface area (Å²) < 4.78 is 0. The monoisotopic (exact) mass is 3180 g/mol. The lowest BCUT2D eigenvalue weighted by Crippen LogP contribution is -2.74. The van der Waals surface area contributed by atoms with Gasteiger partial charge in [-0.2, -0.15) is 0 Å². The third-order valence-electron chi connectivity index (χ3n) is 19.1. The second-order valence-corrected chi connectivity index (χ2v) is 333. The molecule has 0 aromatic carbocycles. The minimum Gasteiger partial charge on any atom is -0.133 e. The molecule has 660 valence electrons. The molecule has 91 heteroatoms. The predicted octanol–water partition coefficient (Wildman–Crippen LogP) is 51.8. The van der Waals surface area contributed by atoms with E-state index in [1.165, 1.54) is 44.4 Å². The van der Waals surface area contributed by atoms with Gasteiger partial charge >= 0.3 is 0 Å². The van der Waals surface area contributed by atoms with Gasteiger partial charge in [-0.3, -0.25) is 0 Å². The summed E-state index contributed by atoms with van der Waals surface area (Å²) in [6.45, 7) is -11.4. The van der Waals surface area contributed by atoms with Crippen LogP contribution in [-0.4, -0.2) is 54.3 Å². The van der Waals surface area contributed by atoms with Crippen LogP contribution in [0.2, 0.25) is 0 Å². The highest BCUT2D eigenvalue weighted by Gasteiger charge is 2.88. The normalized spacial score (nSPS) is 32.8. The van der Waals surface area contributed by atoms with E-state index in [4.69, 9.17) is 0 Å². The fraction of sp³-hybridized carbons (Fsp3) is 1.00. The minimum absolute atomic E-state index is 0.0599. The first kappa shape index (κ1) is 142. The summed E-state index contributed by atoms with van der Waals surface area (Å²) in [5.74, 6) is 2.38. The molecule has 0 spiro atoms. The molecule has 82 unspecified atom stereocenters. The average Bonchev–Trinajstić information content (AvgIpc) is 1.55. The molecular formula is C20H125P91. The second kappa shape index (κ2) is 69.4. The summed E-state index contributed by atoms with van der Waals surface area (Å²) in [5, 5.41) is 0.201. The van der Waals surface area contributed by atoms with Gasteiger partial charge in [-0.25, -0.2) is 0 Å². The van der Waals surface area contributed by atoms with Crippen molar-refractivity contribution < 1.29 is 0 Å². The van der Waals surface area contributed by atoms with E-state index in [2.05, 4.69) is 438 Å². The smallest absolute Gasteiger partial charge is 0.0401 e. The van der Waals surface area contributed by atoms with Crippen molar-refractivity contribution in [3.63, 3.8) is 0 Å². The quantitative estimate of drug-likeness (QED) is 0.0533. The number of fused-ring (bicyclic) bond motifs is 5. The van der Waals surface area contributed by atoms with E-state index in [1.54, 1.807) is 0 Å². The van der Waals surface area contributed by atoms with Crippen molar-refractivity contribution in [1.82, 2.24) is 0 Å². The molecule has 4 aliphatic carbocycles. The molecule has 0 radical (unpaired) electrons. The van der Waals surface area contributed by atoms with Crippen LogP contribution in [0.5, 0.6) is 0 Å². The van der Waals surface area contributed by atoms with Crippen LogP contribution < -0.4 is 0 Å². The lowest BCUT2D eigenvalue weighted by molar-refractivity contribution is -0.0429. The van der Waals surface area contributed by atoms with E-state index in [1.807, 2.05) is 0 Å². The Balaban J connectivity index is 3.13. The Morgan fingerprint density at radius 2 is 0.793 bits per heavy atom. The van der Waals surface area contributed by atoms with Crippen molar-refractivity contribution in [2.45, 2.75) is 74.1 Å². The Morgan fingerprint density at radius 3 is 1.14 bits per heavy atom.